The van der Waals surface area contributed by atoms with Gasteiger partial charge in [0.25, 0.3) is 0 Å². The molecule has 0 N–H and O–H groups in total. The topological polar surface area (TPSA) is 16.1 Å². The highest BCUT2D eigenvalue weighted by atomic mass is 19.4. The third-order valence-corrected chi connectivity index (χ3v) is 4.19. The summed E-state index contributed by atoms with van der Waals surface area (Å²) >= 11 is 0. The molecule has 1 fully saturated rings. The molecule has 0 atom stereocenters. The van der Waals surface area contributed by atoms with E-state index in [1.165, 1.54) is 12.8 Å². The lowest BCUT2D eigenvalue weighted by Gasteiger charge is -2.25. The molecule has 5 heteroatoms. The summed E-state index contributed by atoms with van der Waals surface area (Å²) < 4.78 is 38.7. The van der Waals surface area contributed by atoms with E-state index in [0.29, 0.717) is 5.52 Å². The minimum absolute atomic E-state index is 0.425. The lowest BCUT2D eigenvalue weighted by molar-refractivity contribution is -0.137. The lowest BCUT2D eigenvalue weighted by Crippen LogP contribution is -2.24. The summed E-state index contributed by atoms with van der Waals surface area (Å²) in [4.78, 5) is 6.59. The number of pyridine rings is 1. The van der Waals surface area contributed by atoms with E-state index in [1.807, 2.05) is 13.0 Å². The van der Waals surface area contributed by atoms with Crippen molar-refractivity contribution >= 4 is 16.6 Å². The Bertz CT molecular complexity index is 671. The number of alkyl halides is 3. The Balaban J connectivity index is 2.10. The molecule has 2 nitrogen and oxygen atoms in total. The number of rotatable bonds is 1. The minimum Gasteiger partial charge on any atom is -0.371 e. The highest BCUT2D eigenvalue weighted by Crippen LogP contribution is 2.34. The molecule has 1 aromatic heterocycles. The molecule has 3 rings (SSSR count). The number of anilines is 1. The number of halogens is 3. The van der Waals surface area contributed by atoms with Crippen LogP contribution in [0.1, 0.15) is 36.9 Å². The standard InChI is InChI=1S/C17H19F3N2/c1-12-10-16(22-8-4-2-3-5-9-22)14-7-6-13(17(18,19)20)11-15(14)21-12/h6-7,10-11H,2-5,8-9H2,1H3. The van der Waals surface area contributed by atoms with Crippen molar-refractivity contribution < 1.29 is 13.2 Å². The molecule has 0 amide bonds. The van der Waals surface area contributed by atoms with Gasteiger partial charge in [-0.25, -0.2) is 0 Å². The number of nitrogens with zero attached hydrogens (tertiary/aromatic N) is 2. The van der Waals surface area contributed by atoms with Crippen LogP contribution in [0.4, 0.5) is 18.9 Å². The first-order valence-electron chi connectivity index (χ1n) is 7.69. The van der Waals surface area contributed by atoms with E-state index in [2.05, 4.69) is 9.88 Å². The molecule has 1 aliphatic rings. The second kappa shape index (κ2) is 5.78. The van der Waals surface area contributed by atoms with E-state index in [-0.39, 0.29) is 0 Å². The molecular formula is C17H19F3N2. The fourth-order valence-corrected chi connectivity index (χ4v) is 3.09. The molecule has 0 aliphatic carbocycles. The summed E-state index contributed by atoms with van der Waals surface area (Å²) in [6.45, 7) is 3.75. The highest BCUT2D eigenvalue weighted by Gasteiger charge is 2.31. The van der Waals surface area contributed by atoms with Gasteiger partial charge in [-0.3, -0.25) is 4.98 Å². The number of hydrogen-bond acceptors (Lipinski definition) is 2. The third kappa shape index (κ3) is 3.03. The van der Waals surface area contributed by atoms with Crippen LogP contribution in [-0.4, -0.2) is 18.1 Å². The van der Waals surface area contributed by atoms with E-state index in [9.17, 15) is 13.2 Å². The summed E-state index contributed by atoms with van der Waals surface area (Å²) in [7, 11) is 0. The van der Waals surface area contributed by atoms with E-state index >= 15 is 0 Å². The Morgan fingerprint density at radius 3 is 2.32 bits per heavy atom. The monoisotopic (exact) mass is 308 g/mol. The van der Waals surface area contributed by atoms with Crippen LogP contribution in [0, 0.1) is 6.92 Å². The minimum atomic E-state index is -4.33. The maximum absolute atomic E-state index is 12.9. The van der Waals surface area contributed by atoms with Crippen molar-refractivity contribution in [2.75, 3.05) is 18.0 Å². The van der Waals surface area contributed by atoms with Gasteiger partial charge < -0.3 is 4.90 Å². The number of aryl methyl sites for hydroxylation is 1. The van der Waals surface area contributed by atoms with Crippen molar-refractivity contribution in [3.63, 3.8) is 0 Å². The molecule has 118 valence electrons. The predicted molar refractivity (Wildman–Crippen MR) is 82.2 cm³/mol. The van der Waals surface area contributed by atoms with E-state index in [1.54, 1.807) is 6.07 Å². The van der Waals surface area contributed by atoms with Gasteiger partial charge >= 0.3 is 6.18 Å². The SMILES string of the molecule is Cc1cc(N2CCCCCC2)c2ccc(C(F)(F)F)cc2n1. The molecule has 2 heterocycles. The van der Waals surface area contributed by atoms with Crippen molar-refractivity contribution in [1.29, 1.82) is 0 Å². The van der Waals surface area contributed by atoms with E-state index in [4.69, 9.17) is 0 Å². The molecular weight excluding hydrogens is 289 g/mol. The van der Waals surface area contributed by atoms with Gasteiger partial charge in [0.15, 0.2) is 0 Å². The van der Waals surface area contributed by atoms with Gasteiger partial charge in [0, 0.05) is 29.9 Å². The number of hydrogen-bond donors (Lipinski definition) is 0. The molecule has 0 spiro atoms. The van der Waals surface area contributed by atoms with Crippen LogP contribution in [0.15, 0.2) is 24.3 Å². The van der Waals surface area contributed by atoms with Crippen molar-refractivity contribution in [2.24, 2.45) is 0 Å². The van der Waals surface area contributed by atoms with Crippen molar-refractivity contribution in [3.8, 4) is 0 Å². The van der Waals surface area contributed by atoms with Gasteiger partial charge in [0.05, 0.1) is 11.1 Å². The normalized spacial score (nSPS) is 16.8. The first-order chi connectivity index (χ1) is 10.4. The van der Waals surface area contributed by atoms with Crippen LogP contribution in [0.25, 0.3) is 10.9 Å². The van der Waals surface area contributed by atoms with Crippen LogP contribution >= 0.6 is 0 Å². The molecule has 1 aromatic carbocycles. The second-order valence-electron chi connectivity index (χ2n) is 5.91. The molecule has 2 aromatic rings. The zero-order chi connectivity index (χ0) is 15.7. The summed E-state index contributed by atoms with van der Waals surface area (Å²) in [5, 5.41) is 0.806. The van der Waals surface area contributed by atoms with Crippen LogP contribution in [0.2, 0.25) is 0 Å². The van der Waals surface area contributed by atoms with Crippen LogP contribution in [-0.2, 0) is 6.18 Å². The number of aromatic nitrogens is 1. The van der Waals surface area contributed by atoms with Gasteiger partial charge in [-0.15, -0.1) is 0 Å². The zero-order valence-corrected chi connectivity index (χ0v) is 12.6. The number of fused-ring (bicyclic) bond motifs is 1. The Morgan fingerprint density at radius 1 is 1.00 bits per heavy atom. The maximum Gasteiger partial charge on any atom is 0.416 e. The fourth-order valence-electron chi connectivity index (χ4n) is 3.09. The molecule has 22 heavy (non-hydrogen) atoms. The number of benzene rings is 1. The second-order valence-corrected chi connectivity index (χ2v) is 5.91. The predicted octanol–water partition coefficient (Wildman–Crippen LogP) is 4.94. The quantitative estimate of drug-likeness (QED) is 0.741. The first-order valence-corrected chi connectivity index (χ1v) is 7.69. The van der Waals surface area contributed by atoms with E-state index in [0.717, 1.165) is 54.8 Å². The Labute approximate surface area is 128 Å². The molecule has 0 radical (unpaired) electrons. The summed E-state index contributed by atoms with van der Waals surface area (Å²) in [5.41, 5.74) is 1.55. The maximum atomic E-state index is 12.9. The van der Waals surface area contributed by atoms with Gasteiger partial charge in [-0.1, -0.05) is 18.9 Å². The van der Waals surface area contributed by atoms with Gasteiger partial charge in [-0.05, 0) is 38.0 Å². The fraction of sp³-hybridized carbons (Fsp3) is 0.471. The average Bonchev–Trinajstić information content (AvgIpc) is 2.73. The highest BCUT2D eigenvalue weighted by molar-refractivity contribution is 5.92. The molecule has 0 saturated carbocycles. The largest absolute Gasteiger partial charge is 0.416 e. The Hall–Kier alpha value is -1.78. The van der Waals surface area contributed by atoms with Crippen LogP contribution < -0.4 is 4.90 Å². The Morgan fingerprint density at radius 2 is 1.68 bits per heavy atom. The lowest BCUT2D eigenvalue weighted by atomic mass is 10.1. The Kier molecular flexibility index (Phi) is 3.98. The third-order valence-electron chi connectivity index (χ3n) is 4.19. The van der Waals surface area contributed by atoms with Gasteiger partial charge in [0.2, 0.25) is 0 Å². The molecule has 1 aliphatic heterocycles. The molecule has 1 saturated heterocycles. The van der Waals surface area contributed by atoms with E-state index < -0.39 is 11.7 Å². The summed E-state index contributed by atoms with van der Waals surface area (Å²) in [6.07, 6.45) is 0.364. The van der Waals surface area contributed by atoms with Crippen molar-refractivity contribution in [2.45, 2.75) is 38.8 Å². The van der Waals surface area contributed by atoms with Crippen molar-refractivity contribution in [3.05, 3.63) is 35.5 Å². The average molecular weight is 308 g/mol. The van der Waals surface area contributed by atoms with Crippen LogP contribution in [0.5, 0.6) is 0 Å². The van der Waals surface area contributed by atoms with Gasteiger partial charge in [0.1, 0.15) is 0 Å². The first kappa shape index (κ1) is 15.1. The molecule has 0 bridgehead atoms. The summed E-state index contributed by atoms with van der Waals surface area (Å²) in [5.74, 6) is 0. The zero-order valence-electron chi connectivity index (χ0n) is 12.6. The van der Waals surface area contributed by atoms with Crippen LogP contribution in [0.3, 0.4) is 0 Å². The molecule has 0 unspecified atom stereocenters. The van der Waals surface area contributed by atoms with Crippen molar-refractivity contribution in [1.82, 2.24) is 4.98 Å². The summed E-state index contributed by atoms with van der Waals surface area (Å²) in [6, 6.07) is 5.86. The smallest absolute Gasteiger partial charge is 0.371 e. The van der Waals surface area contributed by atoms with Gasteiger partial charge in [-0.2, -0.15) is 13.2 Å².